The molecule has 18 heavy (non-hydrogen) atoms. The lowest BCUT2D eigenvalue weighted by Gasteiger charge is -2.23. The molecule has 0 radical (unpaired) electrons. The molecule has 2 aromatic rings. The van der Waals surface area contributed by atoms with Crippen molar-refractivity contribution in [3.8, 4) is 11.4 Å². The SMILES string of the molecule is CC(C)(C)[C@@H](N)c1nc(-c2ccc(Br)cc2)no1. The number of aromatic nitrogens is 2. The van der Waals surface area contributed by atoms with Crippen LogP contribution in [0.3, 0.4) is 0 Å². The Kier molecular flexibility index (Phi) is 3.54. The normalized spacial score (nSPS) is 13.6. The van der Waals surface area contributed by atoms with Crippen LogP contribution in [-0.2, 0) is 0 Å². The molecule has 0 aliphatic heterocycles. The van der Waals surface area contributed by atoms with Crippen LogP contribution in [0.5, 0.6) is 0 Å². The quantitative estimate of drug-likeness (QED) is 0.921. The highest BCUT2D eigenvalue weighted by atomic mass is 79.9. The molecular weight excluding hydrogens is 294 g/mol. The fourth-order valence-corrected chi connectivity index (χ4v) is 1.71. The van der Waals surface area contributed by atoms with Crippen molar-refractivity contribution in [2.45, 2.75) is 26.8 Å². The Labute approximate surface area is 115 Å². The van der Waals surface area contributed by atoms with E-state index in [0.29, 0.717) is 11.7 Å². The zero-order valence-corrected chi connectivity index (χ0v) is 12.2. The van der Waals surface area contributed by atoms with Crippen LogP contribution >= 0.6 is 15.9 Å². The zero-order valence-electron chi connectivity index (χ0n) is 10.6. The average Bonchev–Trinajstić information content (AvgIpc) is 2.77. The van der Waals surface area contributed by atoms with Gasteiger partial charge in [0.2, 0.25) is 11.7 Å². The predicted molar refractivity (Wildman–Crippen MR) is 73.8 cm³/mol. The van der Waals surface area contributed by atoms with E-state index < -0.39 is 0 Å². The molecule has 0 aliphatic carbocycles. The van der Waals surface area contributed by atoms with Gasteiger partial charge in [0.25, 0.3) is 0 Å². The maximum atomic E-state index is 6.08. The lowest BCUT2D eigenvalue weighted by molar-refractivity contribution is 0.253. The van der Waals surface area contributed by atoms with Gasteiger partial charge in [-0.25, -0.2) is 0 Å². The van der Waals surface area contributed by atoms with Crippen molar-refractivity contribution in [1.29, 1.82) is 0 Å². The number of hydrogen-bond acceptors (Lipinski definition) is 4. The van der Waals surface area contributed by atoms with Crippen molar-refractivity contribution < 1.29 is 4.52 Å². The molecule has 1 atom stereocenters. The standard InChI is InChI=1S/C13H16BrN3O/c1-13(2,3)10(15)12-16-11(17-18-12)8-4-6-9(14)7-5-8/h4-7,10H,15H2,1-3H3/t10-/m0/s1. The van der Waals surface area contributed by atoms with Crippen molar-refractivity contribution in [3.63, 3.8) is 0 Å². The summed E-state index contributed by atoms with van der Waals surface area (Å²) in [6.45, 7) is 6.13. The second-order valence-corrected chi connectivity index (χ2v) is 6.22. The molecule has 96 valence electrons. The smallest absolute Gasteiger partial charge is 0.244 e. The Morgan fingerprint density at radius 1 is 1.22 bits per heavy atom. The zero-order chi connectivity index (χ0) is 13.3. The summed E-state index contributed by atoms with van der Waals surface area (Å²) in [6, 6.07) is 7.47. The van der Waals surface area contributed by atoms with Gasteiger partial charge >= 0.3 is 0 Å². The highest BCUT2D eigenvalue weighted by Gasteiger charge is 2.27. The fraction of sp³-hybridized carbons (Fsp3) is 0.385. The van der Waals surface area contributed by atoms with Gasteiger partial charge in [-0.3, -0.25) is 0 Å². The number of nitrogens with two attached hydrogens (primary N) is 1. The van der Waals surface area contributed by atoms with Gasteiger partial charge in [-0.2, -0.15) is 4.98 Å². The van der Waals surface area contributed by atoms with E-state index in [9.17, 15) is 0 Å². The van der Waals surface area contributed by atoms with E-state index in [1.807, 2.05) is 45.0 Å². The van der Waals surface area contributed by atoms with E-state index in [0.717, 1.165) is 10.0 Å². The molecule has 5 heteroatoms. The molecule has 1 heterocycles. The fourth-order valence-electron chi connectivity index (χ4n) is 1.45. The van der Waals surface area contributed by atoms with Crippen LogP contribution in [-0.4, -0.2) is 10.1 Å². The van der Waals surface area contributed by atoms with Gasteiger partial charge in [-0.1, -0.05) is 41.9 Å². The molecule has 1 aromatic heterocycles. The maximum Gasteiger partial charge on any atom is 0.244 e. The summed E-state index contributed by atoms with van der Waals surface area (Å²) in [5.74, 6) is 1.04. The Morgan fingerprint density at radius 2 is 1.83 bits per heavy atom. The van der Waals surface area contributed by atoms with Crippen LogP contribution in [0.1, 0.15) is 32.7 Å². The van der Waals surface area contributed by atoms with Crippen LogP contribution in [0, 0.1) is 5.41 Å². The third kappa shape index (κ3) is 2.79. The largest absolute Gasteiger partial charge is 0.337 e. The summed E-state index contributed by atoms with van der Waals surface area (Å²) in [6.07, 6.45) is 0. The van der Waals surface area contributed by atoms with E-state index in [2.05, 4.69) is 26.1 Å². The Morgan fingerprint density at radius 3 is 2.39 bits per heavy atom. The Bertz CT molecular complexity index is 528. The molecule has 1 aromatic carbocycles. The summed E-state index contributed by atoms with van der Waals surface area (Å²) in [4.78, 5) is 4.36. The molecule has 0 bridgehead atoms. The lowest BCUT2D eigenvalue weighted by Crippen LogP contribution is -2.26. The molecule has 4 nitrogen and oxygen atoms in total. The van der Waals surface area contributed by atoms with E-state index in [1.54, 1.807) is 0 Å². The predicted octanol–water partition coefficient (Wildman–Crippen LogP) is 3.55. The van der Waals surface area contributed by atoms with Crippen molar-refractivity contribution in [2.75, 3.05) is 0 Å². The number of halogens is 1. The molecule has 0 unspecified atom stereocenters. The van der Waals surface area contributed by atoms with Gasteiger partial charge in [-0.15, -0.1) is 0 Å². The van der Waals surface area contributed by atoms with Crippen LogP contribution in [0.25, 0.3) is 11.4 Å². The van der Waals surface area contributed by atoms with Gasteiger partial charge in [0.1, 0.15) is 0 Å². The number of nitrogens with zero attached hydrogens (tertiary/aromatic N) is 2. The molecule has 0 saturated carbocycles. The summed E-state index contributed by atoms with van der Waals surface area (Å²) < 4.78 is 6.25. The van der Waals surface area contributed by atoms with Gasteiger partial charge < -0.3 is 10.3 Å². The molecular formula is C13H16BrN3O. The summed E-state index contributed by atoms with van der Waals surface area (Å²) in [5, 5.41) is 3.97. The molecule has 0 amide bonds. The van der Waals surface area contributed by atoms with Crippen molar-refractivity contribution in [1.82, 2.24) is 10.1 Å². The minimum absolute atomic E-state index is 0.108. The first-order chi connectivity index (χ1) is 8.38. The Balaban J connectivity index is 2.28. The minimum Gasteiger partial charge on any atom is -0.337 e. The second kappa shape index (κ2) is 4.82. The molecule has 0 saturated heterocycles. The molecule has 2 rings (SSSR count). The van der Waals surface area contributed by atoms with Crippen LogP contribution in [0.4, 0.5) is 0 Å². The van der Waals surface area contributed by atoms with Crippen LogP contribution in [0.2, 0.25) is 0 Å². The second-order valence-electron chi connectivity index (χ2n) is 5.31. The molecule has 0 fully saturated rings. The summed E-state index contributed by atoms with van der Waals surface area (Å²) in [7, 11) is 0. The third-order valence-electron chi connectivity index (χ3n) is 2.74. The van der Waals surface area contributed by atoms with Gasteiger partial charge in [0.05, 0.1) is 6.04 Å². The van der Waals surface area contributed by atoms with E-state index in [-0.39, 0.29) is 11.5 Å². The van der Waals surface area contributed by atoms with E-state index in [4.69, 9.17) is 10.3 Å². The number of rotatable bonds is 2. The number of benzene rings is 1. The average molecular weight is 310 g/mol. The van der Waals surface area contributed by atoms with Crippen molar-refractivity contribution >= 4 is 15.9 Å². The molecule has 2 N–H and O–H groups in total. The van der Waals surface area contributed by atoms with Crippen LogP contribution in [0.15, 0.2) is 33.3 Å². The van der Waals surface area contributed by atoms with Gasteiger partial charge in [0.15, 0.2) is 0 Å². The first-order valence-corrected chi connectivity index (χ1v) is 6.52. The first-order valence-electron chi connectivity index (χ1n) is 5.73. The molecule has 0 aliphatic rings. The highest BCUT2D eigenvalue weighted by molar-refractivity contribution is 9.10. The maximum absolute atomic E-state index is 6.08. The van der Waals surface area contributed by atoms with Crippen molar-refractivity contribution in [3.05, 3.63) is 34.6 Å². The van der Waals surface area contributed by atoms with Gasteiger partial charge in [0, 0.05) is 10.0 Å². The van der Waals surface area contributed by atoms with E-state index >= 15 is 0 Å². The lowest BCUT2D eigenvalue weighted by atomic mass is 9.87. The topological polar surface area (TPSA) is 64.9 Å². The number of hydrogen-bond donors (Lipinski definition) is 1. The first kappa shape index (κ1) is 13.2. The highest BCUT2D eigenvalue weighted by Crippen LogP contribution is 2.30. The Hall–Kier alpha value is -1.20. The van der Waals surface area contributed by atoms with Gasteiger partial charge in [-0.05, 0) is 29.7 Å². The third-order valence-corrected chi connectivity index (χ3v) is 3.27. The summed E-state index contributed by atoms with van der Waals surface area (Å²) in [5.41, 5.74) is 6.89. The monoisotopic (exact) mass is 309 g/mol. The van der Waals surface area contributed by atoms with E-state index in [1.165, 1.54) is 0 Å². The van der Waals surface area contributed by atoms with Crippen molar-refractivity contribution in [2.24, 2.45) is 11.1 Å². The minimum atomic E-state index is -0.269. The summed E-state index contributed by atoms with van der Waals surface area (Å²) >= 11 is 3.39. The molecule has 0 spiro atoms. The van der Waals surface area contributed by atoms with Crippen LogP contribution < -0.4 is 5.73 Å².